The molecule has 3 rings (SSSR count). The Hall–Kier alpha value is -4.44. The van der Waals surface area contributed by atoms with Crippen molar-refractivity contribution in [3.63, 3.8) is 0 Å². The SMILES string of the molecule is Cc1ccc(S(=O)(=O)Oc2ccc(C=C(NC(=O)c3ccccc3)C(=O)NCCCC(=O)O)cc2)cc1. The van der Waals surface area contributed by atoms with Gasteiger partial charge in [-0.3, -0.25) is 14.4 Å². The van der Waals surface area contributed by atoms with Gasteiger partial charge in [-0.05, 0) is 61.4 Å². The van der Waals surface area contributed by atoms with E-state index in [0.717, 1.165) is 5.56 Å². The number of rotatable bonds is 11. The van der Waals surface area contributed by atoms with E-state index in [9.17, 15) is 22.8 Å². The van der Waals surface area contributed by atoms with Crippen LogP contribution in [0.3, 0.4) is 0 Å². The number of aliphatic carboxylic acids is 1. The lowest BCUT2D eigenvalue weighted by atomic mass is 10.1. The third-order valence-corrected chi connectivity index (χ3v) is 6.35. The largest absolute Gasteiger partial charge is 0.481 e. The van der Waals surface area contributed by atoms with Crippen LogP contribution in [0.1, 0.15) is 34.3 Å². The van der Waals surface area contributed by atoms with Crippen molar-refractivity contribution in [3.8, 4) is 5.75 Å². The maximum absolute atomic E-state index is 12.7. The number of carboxylic acids is 1. The number of hydrogen-bond acceptors (Lipinski definition) is 6. The number of carboxylic acid groups (broad SMARTS) is 1. The van der Waals surface area contributed by atoms with Gasteiger partial charge in [0.05, 0.1) is 0 Å². The van der Waals surface area contributed by atoms with Crippen molar-refractivity contribution in [2.45, 2.75) is 24.7 Å². The summed E-state index contributed by atoms with van der Waals surface area (Å²) < 4.78 is 30.2. The van der Waals surface area contributed by atoms with E-state index in [1.54, 1.807) is 42.5 Å². The average molecular weight is 523 g/mol. The summed E-state index contributed by atoms with van der Waals surface area (Å²) in [5.41, 5.74) is 1.68. The van der Waals surface area contributed by atoms with E-state index in [-0.39, 0.29) is 35.7 Å². The zero-order valence-corrected chi connectivity index (χ0v) is 20.8. The van der Waals surface area contributed by atoms with Gasteiger partial charge in [-0.1, -0.05) is 48.0 Å². The Morgan fingerprint density at radius 3 is 2.19 bits per heavy atom. The molecule has 10 heteroatoms. The van der Waals surface area contributed by atoms with Crippen LogP contribution in [-0.4, -0.2) is 37.9 Å². The molecular weight excluding hydrogens is 496 g/mol. The second-order valence-electron chi connectivity index (χ2n) is 8.05. The van der Waals surface area contributed by atoms with Crippen molar-refractivity contribution in [1.29, 1.82) is 0 Å². The van der Waals surface area contributed by atoms with Crippen molar-refractivity contribution in [2.24, 2.45) is 0 Å². The van der Waals surface area contributed by atoms with E-state index in [1.807, 2.05) is 6.92 Å². The second kappa shape index (κ2) is 12.5. The van der Waals surface area contributed by atoms with Crippen LogP contribution in [-0.2, 0) is 19.7 Å². The molecule has 0 aromatic heterocycles. The summed E-state index contributed by atoms with van der Waals surface area (Å²) in [6, 6.07) is 20.5. The average Bonchev–Trinajstić information content (AvgIpc) is 2.87. The van der Waals surface area contributed by atoms with Gasteiger partial charge in [0.2, 0.25) is 0 Å². The van der Waals surface area contributed by atoms with Gasteiger partial charge in [0.1, 0.15) is 16.3 Å². The van der Waals surface area contributed by atoms with E-state index in [0.29, 0.717) is 11.1 Å². The summed E-state index contributed by atoms with van der Waals surface area (Å²) in [4.78, 5) is 36.1. The molecule has 0 unspecified atom stereocenters. The number of hydrogen-bond donors (Lipinski definition) is 3. The number of carbonyl (C=O) groups is 3. The Morgan fingerprint density at radius 2 is 1.57 bits per heavy atom. The van der Waals surface area contributed by atoms with Crippen LogP contribution in [0.5, 0.6) is 5.75 Å². The molecule has 2 amide bonds. The van der Waals surface area contributed by atoms with Gasteiger partial charge >= 0.3 is 16.1 Å². The minimum Gasteiger partial charge on any atom is -0.481 e. The first-order valence-electron chi connectivity index (χ1n) is 11.3. The third-order valence-electron chi connectivity index (χ3n) is 5.09. The Bertz CT molecular complexity index is 1380. The zero-order valence-electron chi connectivity index (χ0n) is 20.0. The predicted octanol–water partition coefficient (Wildman–Crippen LogP) is 3.51. The minimum atomic E-state index is -4.02. The molecule has 0 heterocycles. The second-order valence-corrected chi connectivity index (χ2v) is 9.60. The number of nitrogens with one attached hydrogen (secondary N) is 2. The summed E-state index contributed by atoms with van der Waals surface area (Å²) in [5, 5.41) is 13.9. The van der Waals surface area contributed by atoms with Gasteiger partial charge in [-0.15, -0.1) is 0 Å². The normalized spacial score (nSPS) is 11.4. The van der Waals surface area contributed by atoms with Gasteiger partial charge in [0, 0.05) is 18.5 Å². The summed E-state index contributed by atoms with van der Waals surface area (Å²) >= 11 is 0. The molecule has 0 saturated carbocycles. The number of benzene rings is 3. The Balaban J connectivity index is 1.77. The predicted molar refractivity (Wildman–Crippen MR) is 137 cm³/mol. The highest BCUT2D eigenvalue weighted by molar-refractivity contribution is 7.87. The first-order chi connectivity index (χ1) is 17.6. The maximum atomic E-state index is 12.7. The topological polar surface area (TPSA) is 139 Å². The summed E-state index contributed by atoms with van der Waals surface area (Å²) in [6.45, 7) is 1.95. The molecule has 0 aliphatic carbocycles. The fraction of sp³-hybridized carbons (Fsp3) is 0.148. The van der Waals surface area contributed by atoms with Crippen LogP contribution in [0, 0.1) is 6.92 Å². The molecule has 0 atom stereocenters. The van der Waals surface area contributed by atoms with Crippen molar-refractivity contribution in [1.82, 2.24) is 10.6 Å². The van der Waals surface area contributed by atoms with Gasteiger partial charge in [0.15, 0.2) is 0 Å². The van der Waals surface area contributed by atoms with Crippen LogP contribution in [0.2, 0.25) is 0 Å². The van der Waals surface area contributed by atoms with Crippen LogP contribution < -0.4 is 14.8 Å². The molecule has 0 spiro atoms. The van der Waals surface area contributed by atoms with E-state index < -0.39 is 27.9 Å². The lowest BCUT2D eigenvalue weighted by Crippen LogP contribution is -2.35. The lowest BCUT2D eigenvalue weighted by molar-refractivity contribution is -0.137. The highest BCUT2D eigenvalue weighted by Gasteiger charge is 2.17. The van der Waals surface area contributed by atoms with E-state index in [1.165, 1.54) is 42.5 Å². The molecular formula is C27H26N2O7S. The molecule has 37 heavy (non-hydrogen) atoms. The first kappa shape index (κ1) is 27.2. The third kappa shape index (κ3) is 8.32. The summed E-state index contributed by atoms with van der Waals surface area (Å²) in [7, 11) is -4.02. The fourth-order valence-electron chi connectivity index (χ4n) is 3.15. The number of carbonyl (C=O) groups excluding carboxylic acids is 2. The molecule has 3 N–H and O–H groups in total. The Labute approximate surface area is 214 Å². The smallest absolute Gasteiger partial charge is 0.339 e. The molecule has 0 aliphatic heterocycles. The van der Waals surface area contributed by atoms with Gasteiger partial charge in [-0.25, -0.2) is 0 Å². The van der Waals surface area contributed by atoms with E-state index in [2.05, 4.69) is 10.6 Å². The number of aryl methyl sites for hydroxylation is 1. The van der Waals surface area contributed by atoms with E-state index in [4.69, 9.17) is 9.29 Å². The standard InChI is InChI=1S/C27H26N2O7S/c1-19-9-15-23(16-10-19)37(34,35)36-22-13-11-20(12-14-22)18-24(27(33)28-17-5-8-25(30)31)29-26(32)21-6-3-2-4-7-21/h2-4,6-7,9-16,18H,5,8,17H2,1H3,(H,28,33)(H,29,32)(H,30,31). The minimum absolute atomic E-state index is 0.0209. The lowest BCUT2D eigenvalue weighted by Gasteiger charge is -2.11. The molecule has 192 valence electrons. The quantitative estimate of drug-likeness (QED) is 0.199. The Kier molecular flexibility index (Phi) is 9.17. The van der Waals surface area contributed by atoms with Crippen LogP contribution in [0.4, 0.5) is 0 Å². The molecule has 0 radical (unpaired) electrons. The maximum Gasteiger partial charge on any atom is 0.339 e. The van der Waals surface area contributed by atoms with Crippen molar-refractivity contribution in [2.75, 3.05) is 6.54 Å². The van der Waals surface area contributed by atoms with Gasteiger partial charge in [-0.2, -0.15) is 8.42 Å². The van der Waals surface area contributed by atoms with Crippen LogP contribution >= 0.6 is 0 Å². The molecule has 0 bridgehead atoms. The fourth-order valence-corrected chi connectivity index (χ4v) is 4.08. The van der Waals surface area contributed by atoms with Crippen LogP contribution in [0.15, 0.2) is 89.5 Å². The van der Waals surface area contributed by atoms with Crippen molar-refractivity contribution in [3.05, 3.63) is 101 Å². The van der Waals surface area contributed by atoms with Crippen LogP contribution in [0.25, 0.3) is 6.08 Å². The molecule has 0 fully saturated rings. The summed E-state index contributed by atoms with van der Waals surface area (Å²) in [5.74, 6) is -2.01. The zero-order chi connectivity index (χ0) is 26.8. The molecule has 0 aliphatic rings. The molecule has 9 nitrogen and oxygen atoms in total. The monoisotopic (exact) mass is 522 g/mol. The van der Waals surface area contributed by atoms with Crippen molar-refractivity contribution < 1.29 is 32.1 Å². The molecule has 0 saturated heterocycles. The summed E-state index contributed by atoms with van der Waals surface area (Å²) in [6.07, 6.45) is 1.54. The highest BCUT2D eigenvalue weighted by Crippen LogP contribution is 2.20. The van der Waals surface area contributed by atoms with Crippen molar-refractivity contribution >= 4 is 34.0 Å². The van der Waals surface area contributed by atoms with E-state index >= 15 is 0 Å². The first-order valence-corrected chi connectivity index (χ1v) is 12.7. The Morgan fingerprint density at radius 1 is 0.919 bits per heavy atom. The van der Waals surface area contributed by atoms with Gasteiger partial charge in [0.25, 0.3) is 11.8 Å². The van der Waals surface area contributed by atoms with Gasteiger partial charge < -0.3 is 19.9 Å². The highest BCUT2D eigenvalue weighted by atomic mass is 32.2. The number of amides is 2. The molecule has 3 aromatic rings. The molecule has 3 aromatic carbocycles.